The van der Waals surface area contributed by atoms with Crippen LogP contribution in [-0.4, -0.2) is 28.2 Å². The van der Waals surface area contributed by atoms with Crippen LogP contribution in [0.1, 0.15) is 18.1 Å². The summed E-state index contributed by atoms with van der Waals surface area (Å²) in [5, 5.41) is 13.1. The first-order chi connectivity index (χ1) is 6.38. The van der Waals surface area contributed by atoms with Crippen LogP contribution in [0.2, 0.25) is 0 Å². The number of aliphatic hydroxyl groups excluding tert-OH is 1. The monoisotopic (exact) mass is 179 g/mol. The number of rotatable bonds is 2. The van der Waals surface area contributed by atoms with E-state index >= 15 is 0 Å². The molecule has 0 radical (unpaired) electrons. The summed E-state index contributed by atoms with van der Waals surface area (Å²) in [6.45, 7) is 1.88. The van der Waals surface area contributed by atoms with Crippen molar-refractivity contribution >= 4 is 0 Å². The molecule has 70 valence electrons. The van der Waals surface area contributed by atoms with Gasteiger partial charge in [-0.3, -0.25) is 0 Å². The first-order valence-corrected chi connectivity index (χ1v) is 4.51. The molecule has 1 aromatic heterocycles. The van der Waals surface area contributed by atoms with Gasteiger partial charge in [-0.15, -0.1) is 0 Å². The van der Waals surface area contributed by atoms with Gasteiger partial charge in [0.05, 0.1) is 6.10 Å². The summed E-state index contributed by atoms with van der Waals surface area (Å²) < 4.78 is 0. The summed E-state index contributed by atoms with van der Waals surface area (Å²) in [5.74, 6) is 0.311. The lowest BCUT2D eigenvalue weighted by molar-refractivity contribution is 0.117. The highest BCUT2D eigenvalue weighted by atomic mass is 16.3. The minimum Gasteiger partial charge on any atom is -0.388 e. The Bertz CT molecular complexity index is 259. The van der Waals surface area contributed by atoms with Crippen molar-refractivity contribution < 1.29 is 5.11 Å². The van der Waals surface area contributed by atoms with Gasteiger partial charge in [-0.25, -0.2) is 9.97 Å². The number of hydrogen-bond acceptors (Lipinski definition) is 4. The fourth-order valence-electron chi connectivity index (χ4n) is 1.68. The second-order valence-electron chi connectivity index (χ2n) is 3.37. The molecule has 2 atom stereocenters. The molecule has 0 spiro atoms. The van der Waals surface area contributed by atoms with Crippen molar-refractivity contribution in [1.29, 1.82) is 0 Å². The standard InChI is InChI=1S/C9H13N3O/c13-9(7-1-2-10-3-7)8-4-11-6-12-5-8/h4-7,9-10,13H,1-3H2/t7-,9?/m1/s1. The molecule has 1 aromatic rings. The predicted octanol–water partition coefficient (Wildman–Crippen LogP) is 0.119. The van der Waals surface area contributed by atoms with Crippen molar-refractivity contribution in [2.24, 2.45) is 5.92 Å². The van der Waals surface area contributed by atoms with E-state index in [1.54, 1.807) is 12.4 Å². The van der Waals surface area contributed by atoms with Crippen LogP contribution in [0.5, 0.6) is 0 Å². The molecule has 0 saturated carbocycles. The Morgan fingerprint density at radius 3 is 2.85 bits per heavy atom. The van der Waals surface area contributed by atoms with Crippen molar-refractivity contribution in [2.75, 3.05) is 13.1 Å². The maximum absolute atomic E-state index is 9.90. The average molecular weight is 179 g/mol. The van der Waals surface area contributed by atoms with Crippen molar-refractivity contribution in [3.8, 4) is 0 Å². The van der Waals surface area contributed by atoms with Crippen molar-refractivity contribution in [3.63, 3.8) is 0 Å². The second-order valence-corrected chi connectivity index (χ2v) is 3.37. The van der Waals surface area contributed by atoms with E-state index in [1.165, 1.54) is 6.33 Å². The lowest BCUT2D eigenvalue weighted by Crippen LogP contribution is -2.16. The van der Waals surface area contributed by atoms with Crippen molar-refractivity contribution in [3.05, 3.63) is 24.3 Å². The molecule has 0 bridgehead atoms. The maximum Gasteiger partial charge on any atom is 0.115 e. The summed E-state index contributed by atoms with van der Waals surface area (Å²) in [6, 6.07) is 0. The largest absolute Gasteiger partial charge is 0.388 e. The molecule has 0 aromatic carbocycles. The Kier molecular flexibility index (Phi) is 2.52. The Morgan fingerprint density at radius 1 is 1.46 bits per heavy atom. The predicted molar refractivity (Wildman–Crippen MR) is 48.0 cm³/mol. The van der Waals surface area contributed by atoms with Gasteiger partial charge >= 0.3 is 0 Å². The maximum atomic E-state index is 9.90. The van der Waals surface area contributed by atoms with Crippen molar-refractivity contribution in [2.45, 2.75) is 12.5 Å². The Hall–Kier alpha value is -1.00. The van der Waals surface area contributed by atoms with Gasteiger partial charge in [-0.1, -0.05) is 0 Å². The van der Waals surface area contributed by atoms with Gasteiger partial charge in [0.25, 0.3) is 0 Å². The van der Waals surface area contributed by atoms with Crippen molar-refractivity contribution in [1.82, 2.24) is 15.3 Å². The second kappa shape index (κ2) is 3.81. The van der Waals surface area contributed by atoms with Crippen LogP contribution in [0.3, 0.4) is 0 Å². The summed E-state index contributed by atoms with van der Waals surface area (Å²) >= 11 is 0. The van der Waals surface area contributed by atoms with Gasteiger partial charge in [0.2, 0.25) is 0 Å². The first-order valence-electron chi connectivity index (χ1n) is 4.51. The average Bonchev–Trinajstić information content (AvgIpc) is 2.71. The molecule has 2 heterocycles. The molecule has 2 rings (SSSR count). The molecule has 13 heavy (non-hydrogen) atoms. The number of aromatic nitrogens is 2. The van der Waals surface area contributed by atoms with Crippen LogP contribution in [0.15, 0.2) is 18.7 Å². The van der Waals surface area contributed by atoms with Gasteiger partial charge in [0.1, 0.15) is 6.33 Å². The minimum atomic E-state index is -0.420. The fraction of sp³-hybridized carbons (Fsp3) is 0.556. The number of aliphatic hydroxyl groups is 1. The highest BCUT2D eigenvalue weighted by Gasteiger charge is 2.24. The number of hydrogen-bond donors (Lipinski definition) is 2. The quantitative estimate of drug-likeness (QED) is 0.677. The Morgan fingerprint density at radius 2 is 2.23 bits per heavy atom. The summed E-state index contributed by atoms with van der Waals surface area (Å²) in [6.07, 6.45) is 5.43. The third-order valence-corrected chi connectivity index (χ3v) is 2.47. The molecule has 4 nitrogen and oxygen atoms in total. The lowest BCUT2D eigenvalue weighted by Gasteiger charge is -2.15. The molecule has 1 saturated heterocycles. The van der Waals surface area contributed by atoms with Gasteiger partial charge < -0.3 is 10.4 Å². The zero-order valence-electron chi connectivity index (χ0n) is 7.35. The van der Waals surface area contributed by atoms with Crippen LogP contribution in [0.25, 0.3) is 0 Å². The summed E-state index contributed by atoms with van der Waals surface area (Å²) in [4.78, 5) is 7.77. The fourth-order valence-corrected chi connectivity index (χ4v) is 1.68. The molecule has 1 aliphatic rings. The van der Waals surface area contributed by atoms with Crippen LogP contribution in [-0.2, 0) is 0 Å². The van der Waals surface area contributed by atoms with E-state index in [0.717, 1.165) is 25.1 Å². The molecular formula is C9H13N3O. The van der Waals surface area contributed by atoms with Gasteiger partial charge in [-0.05, 0) is 13.0 Å². The molecular weight excluding hydrogens is 166 g/mol. The summed E-state index contributed by atoms with van der Waals surface area (Å²) in [5.41, 5.74) is 0.816. The molecule has 0 aliphatic carbocycles. The third-order valence-electron chi connectivity index (χ3n) is 2.47. The zero-order valence-corrected chi connectivity index (χ0v) is 7.35. The van der Waals surface area contributed by atoms with E-state index in [0.29, 0.717) is 5.92 Å². The van der Waals surface area contributed by atoms with Crippen LogP contribution < -0.4 is 5.32 Å². The van der Waals surface area contributed by atoms with Gasteiger partial charge in [-0.2, -0.15) is 0 Å². The summed E-state index contributed by atoms with van der Waals surface area (Å²) in [7, 11) is 0. The van der Waals surface area contributed by atoms with Crippen LogP contribution in [0, 0.1) is 5.92 Å². The Labute approximate surface area is 77.0 Å². The van der Waals surface area contributed by atoms with Crippen LogP contribution >= 0.6 is 0 Å². The highest BCUT2D eigenvalue weighted by Crippen LogP contribution is 2.25. The topological polar surface area (TPSA) is 58.0 Å². The SMILES string of the molecule is OC(c1cncnc1)[C@@H]1CCNC1. The lowest BCUT2D eigenvalue weighted by atomic mass is 9.97. The highest BCUT2D eigenvalue weighted by molar-refractivity contribution is 5.08. The molecule has 1 unspecified atom stereocenters. The van der Waals surface area contributed by atoms with E-state index < -0.39 is 6.10 Å². The Balaban J connectivity index is 2.08. The normalized spacial score (nSPS) is 24.5. The molecule has 1 fully saturated rings. The molecule has 1 aliphatic heterocycles. The first kappa shape index (κ1) is 8.59. The zero-order chi connectivity index (χ0) is 9.10. The van der Waals surface area contributed by atoms with Crippen LogP contribution in [0.4, 0.5) is 0 Å². The molecule has 0 amide bonds. The van der Waals surface area contributed by atoms with Gasteiger partial charge in [0, 0.05) is 30.4 Å². The minimum absolute atomic E-state index is 0.311. The van der Waals surface area contributed by atoms with E-state index in [4.69, 9.17) is 0 Å². The number of nitrogens with zero attached hydrogens (tertiary/aromatic N) is 2. The van der Waals surface area contributed by atoms with Gasteiger partial charge in [0.15, 0.2) is 0 Å². The molecule has 4 heteroatoms. The number of nitrogens with one attached hydrogen (secondary N) is 1. The van der Waals surface area contributed by atoms with E-state index in [1.807, 2.05) is 0 Å². The van der Waals surface area contributed by atoms with E-state index in [-0.39, 0.29) is 0 Å². The van der Waals surface area contributed by atoms with E-state index in [9.17, 15) is 5.11 Å². The van der Waals surface area contributed by atoms with E-state index in [2.05, 4.69) is 15.3 Å². The third kappa shape index (κ3) is 1.84. The smallest absolute Gasteiger partial charge is 0.115 e. The molecule has 2 N–H and O–H groups in total.